The van der Waals surface area contributed by atoms with Crippen molar-refractivity contribution in [3.8, 4) is 6.07 Å². The minimum atomic E-state index is -3.42. The normalized spacial score (nSPS) is 11.6. The van der Waals surface area contributed by atoms with E-state index in [9.17, 15) is 8.42 Å². The van der Waals surface area contributed by atoms with Crippen LogP contribution in [0.15, 0.2) is 16.3 Å². The highest BCUT2D eigenvalue weighted by molar-refractivity contribution is 9.09. The minimum absolute atomic E-state index is 0.223. The van der Waals surface area contributed by atoms with E-state index in [4.69, 9.17) is 5.26 Å². The Labute approximate surface area is 108 Å². The number of nitrogens with zero attached hydrogens (tertiary/aromatic N) is 2. The molecule has 0 amide bonds. The Hall–Kier alpha value is -0.420. The number of sulfonamides is 1. The first-order chi connectivity index (χ1) is 7.52. The van der Waals surface area contributed by atoms with Crippen molar-refractivity contribution in [2.45, 2.75) is 10.6 Å². The maximum absolute atomic E-state index is 12.0. The highest BCUT2D eigenvalue weighted by atomic mass is 79.9. The van der Waals surface area contributed by atoms with Crippen LogP contribution in [0.1, 0.15) is 11.3 Å². The van der Waals surface area contributed by atoms with Crippen LogP contribution in [0.2, 0.25) is 0 Å². The van der Waals surface area contributed by atoms with Crippen LogP contribution in [0.4, 0.5) is 0 Å². The molecule has 0 aliphatic carbocycles. The molecular weight excluding hydrogens is 312 g/mol. The zero-order valence-corrected chi connectivity index (χ0v) is 11.9. The predicted octanol–water partition coefficient (Wildman–Crippen LogP) is 2.03. The third-order valence-corrected chi connectivity index (χ3v) is 5.84. The first kappa shape index (κ1) is 13.6. The Morgan fingerprint density at radius 1 is 1.56 bits per heavy atom. The van der Waals surface area contributed by atoms with Gasteiger partial charge < -0.3 is 0 Å². The van der Waals surface area contributed by atoms with Gasteiger partial charge in [0.05, 0.1) is 0 Å². The second kappa shape index (κ2) is 5.77. The summed E-state index contributed by atoms with van der Waals surface area (Å²) in [5.74, 6) is 0. The molecule has 0 N–H and O–H groups in total. The van der Waals surface area contributed by atoms with Gasteiger partial charge in [0, 0.05) is 18.9 Å². The first-order valence-corrected chi connectivity index (χ1v) is 7.92. The lowest BCUT2D eigenvalue weighted by atomic mass is 10.5. The summed E-state index contributed by atoms with van der Waals surface area (Å²) in [6, 6.07) is 4.93. The van der Waals surface area contributed by atoms with E-state index >= 15 is 0 Å². The van der Waals surface area contributed by atoms with Gasteiger partial charge in [0.1, 0.15) is 15.2 Å². The molecule has 1 aromatic rings. The summed E-state index contributed by atoms with van der Waals surface area (Å²) in [5.41, 5.74) is 0. The van der Waals surface area contributed by atoms with E-state index in [0.717, 1.165) is 23.1 Å². The molecule has 0 saturated heterocycles. The Morgan fingerprint density at radius 2 is 2.25 bits per heavy atom. The summed E-state index contributed by atoms with van der Waals surface area (Å²) in [6.07, 6.45) is 0.756. The average molecular weight is 323 g/mol. The van der Waals surface area contributed by atoms with Crippen molar-refractivity contribution in [1.29, 1.82) is 5.26 Å². The molecule has 0 saturated carbocycles. The van der Waals surface area contributed by atoms with Crippen molar-refractivity contribution in [3.05, 3.63) is 17.0 Å². The number of thiophene rings is 1. The molecule has 0 aliphatic heterocycles. The van der Waals surface area contributed by atoms with Crippen molar-refractivity contribution in [3.63, 3.8) is 0 Å². The lowest BCUT2D eigenvalue weighted by molar-refractivity contribution is 0.472. The van der Waals surface area contributed by atoms with Crippen molar-refractivity contribution < 1.29 is 8.42 Å². The van der Waals surface area contributed by atoms with Gasteiger partial charge >= 0.3 is 0 Å². The lowest BCUT2D eigenvalue weighted by Gasteiger charge is -2.14. The summed E-state index contributed by atoms with van der Waals surface area (Å²) < 4.78 is 25.5. The van der Waals surface area contributed by atoms with Crippen molar-refractivity contribution in [1.82, 2.24) is 4.31 Å². The van der Waals surface area contributed by atoms with Gasteiger partial charge in [-0.05, 0) is 18.6 Å². The number of hydrogen-bond acceptors (Lipinski definition) is 4. The molecule has 0 fully saturated rings. The van der Waals surface area contributed by atoms with Gasteiger partial charge in [-0.3, -0.25) is 0 Å². The second-order valence-electron chi connectivity index (χ2n) is 3.10. The molecule has 1 aromatic heterocycles. The summed E-state index contributed by atoms with van der Waals surface area (Å²) in [7, 11) is -1.88. The van der Waals surface area contributed by atoms with Crippen LogP contribution in [-0.4, -0.2) is 31.6 Å². The van der Waals surface area contributed by atoms with Gasteiger partial charge in [0.2, 0.25) is 0 Å². The van der Waals surface area contributed by atoms with Crippen molar-refractivity contribution >= 4 is 37.3 Å². The molecule has 0 bridgehead atoms. The topological polar surface area (TPSA) is 61.2 Å². The molecule has 88 valence electrons. The lowest BCUT2D eigenvalue weighted by Crippen LogP contribution is -2.27. The first-order valence-electron chi connectivity index (χ1n) is 4.54. The largest absolute Gasteiger partial charge is 0.252 e. The number of nitriles is 1. The fraction of sp³-hybridized carbons (Fsp3) is 0.444. The zero-order valence-electron chi connectivity index (χ0n) is 8.68. The quantitative estimate of drug-likeness (QED) is 0.779. The summed E-state index contributed by atoms with van der Waals surface area (Å²) in [6.45, 7) is 0.466. The zero-order chi connectivity index (χ0) is 12.2. The highest BCUT2D eigenvalue weighted by Gasteiger charge is 2.22. The second-order valence-corrected chi connectivity index (χ2v) is 7.25. The van der Waals surface area contributed by atoms with Crippen molar-refractivity contribution in [2.24, 2.45) is 0 Å². The summed E-state index contributed by atoms with van der Waals surface area (Å²) >= 11 is 4.25. The fourth-order valence-electron chi connectivity index (χ4n) is 1.08. The number of rotatable bonds is 5. The SMILES string of the molecule is CN(CCCBr)S(=O)(=O)c1ccc(C#N)s1. The Morgan fingerprint density at radius 3 is 2.75 bits per heavy atom. The molecule has 0 aromatic carbocycles. The Kier molecular flexibility index (Phi) is 4.92. The van der Waals surface area contributed by atoms with E-state index in [0.29, 0.717) is 11.4 Å². The van der Waals surface area contributed by atoms with E-state index < -0.39 is 10.0 Å². The maximum atomic E-state index is 12.0. The van der Waals surface area contributed by atoms with E-state index in [2.05, 4.69) is 15.9 Å². The molecule has 0 aliphatic rings. The average Bonchev–Trinajstić information content (AvgIpc) is 2.74. The number of halogens is 1. The van der Waals surface area contributed by atoms with Gasteiger partial charge in [-0.25, -0.2) is 12.7 Å². The van der Waals surface area contributed by atoms with Crippen LogP contribution >= 0.6 is 27.3 Å². The molecule has 1 heterocycles. The number of hydrogen-bond donors (Lipinski definition) is 0. The van der Waals surface area contributed by atoms with Crippen LogP contribution in [-0.2, 0) is 10.0 Å². The molecule has 0 radical (unpaired) electrons. The van der Waals surface area contributed by atoms with Crippen LogP contribution in [0.3, 0.4) is 0 Å². The molecule has 7 heteroatoms. The standard InChI is InChI=1S/C9H11BrN2O2S2/c1-12(6-2-5-10)16(13,14)9-4-3-8(7-11)15-9/h3-4H,2,5-6H2,1H3. The predicted molar refractivity (Wildman–Crippen MR) is 67.3 cm³/mol. The Bertz CT molecular complexity index is 490. The molecule has 4 nitrogen and oxygen atoms in total. The monoisotopic (exact) mass is 322 g/mol. The van der Waals surface area contributed by atoms with E-state index in [-0.39, 0.29) is 4.21 Å². The van der Waals surface area contributed by atoms with Gasteiger partial charge in [0.25, 0.3) is 10.0 Å². The molecule has 1 rings (SSSR count). The molecule has 0 unspecified atom stereocenters. The van der Waals surface area contributed by atoms with Crippen LogP contribution in [0.25, 0.3) is 0 Å². The van der Waals surface area contributed by atoms with Crippen LogP contribution < -0.4 is 0 Å². The number of alkyl halides is 1. The third kappa shape index (κ3) is 3.04. The van der Waals surface area contributed by atoms with E-state index in [1.54, 1.807) is 7.05 Å². The molecular formula is C9H11BrN2O2S2. The van der Waals surface area contributed by atoms with Gasteiger partial charge in [-0.15, -0.1) is 11.3 Å². The summed E-state index contributed by atoms with van der Waals surface area (Å²) in [4.78, 5) is 0.410. The molecule has 16 heavy (non-hydrogen) atoms. The van der Waals surface area contributed by atoms with Gasteiger partial charge in [-0.2, -0.15) is 5.26 Å². The Balaban J connectivity index is 2.89. The van der Waals surface area contributed by atoms with Crippen LogP contribution in [0.5, 0.6) is 0 Å². The van der Waals surface area contributed by atoms with Crippen LogP contribution in [0, 0.1) is 11.3 Å². The molecule has 0 atom stereocenters. The third-order valence-electron chi connectivity index (χ3n) is 1.96. The molecule has 0 spiro atoms. The minimum Gasteiger partial charge on any atom is -0.206 e. The maximum Gasteiger partial charge on any atom is 0.252 e. The van der Waals surface area contributed by atoms with Gasteiger partial charge in [0.15, 0.2) is 0 Å². The highest BCUT2D eigenvalue weighted by Crippen LogP contribution is 2.23. The summed E-state index contributed by atoms with van der Waals surface area (Å²) in [5, 5.41) is 9.41. The van der Waals surface area contributed by atoms with Crippen molar-refractivity contribution in [2.75, 3.05) is 18.9 Å². The van der Waals surface area contributed by atoms with Gasteiger partial charge in [-0.1, -0.05) is 15.9 Å². The fourth-order valence-corrected chi connectivity index (χ4v) is 3.85. The smallest absolute Gasteiger partial charge is 0.206 e. The van der Waals surface area contributed by atoms with E-state index in [1.165, 1.54) is 16.4 Å². The van der Waals surface area contributed by atoms with E-state index in [1.807, 2.05) is 6.07 Å².